The molecule has 0 unspecified atom stereocenters. The molecule has 1 rings (SSSR count). The molecule has 0 fully saturated rings. The summed E-state index contributed by atoms with van der Waals surface area (Å²) in [6, 6.07) is 1.94. The van der Waals surface area contributed by atoms with E-state index in [0.29, 0.717) is 11.7 Å². The van der Waals surface area contributed by atoms with Crippen LogP contribution in [0.2, 0.25) is 5.15 Å². The average Bonchev–Trinajstić information content (AvgIpc) is 2.31. The first-order valence-electron chi connectivity index (χ1n) is 6.61. The van der Waals surface area contributed by atoms with E-state index in [0.717, 1.165) is 24.2 Å². The maximum Gasteiger partial charge on any atom is 0.407 e. The number of carbonyl (C=O) groups is 1. The second-order valence-corrected chi connectivity index (χ2v) is 5.90. The predicted octanol–water partition coefficient (Wildman–Crippen LogP) is 3.37. The van der Waals surface area contributed by atoms with E-state index in [1.807, 2.05) is 33.8 Å². The van der Waals surface area contributed by atoms with Gasteiger partial charge in [-0.05, 0) is 45.7 Å². The molecule has 0 aliphatic heterocycles. The number of rotatable bonds is 5. The second-order valence-electron chi connectivity index (χ2n) is 5.54. The minimum absolute atomic E-state index is 0.387. The lowest BCUT2D eigenvalue weighted by Gasteiger charge is -2.19. The van der Waals surface area contributed by atoms with Crippen LogP contribution in [0.25, 0.3) is 0 Å². The van der Waals surface area contributed by atoms with Crippen molar-refractivity contribution < 1.29 is 9.53 Å². The van der Waals surface area contributed by atoms with Gasteiger partial charge in [0.25, 0.3) is 0 Å². The van der Waals surface area contributed by atoms with E-state index in [1.165, 1.54) is 0 Å². The van der Waals surface area contributed by atoms with Crippen LogP contribution in [0.4, 0.5) is 10.5 Å². The van der Waals surface area contributed by atoms with Crippen molar-refractivity contribution in [2.45, 2.75) is 39.7 Å². The second kappa shape index (κ2) is 7.33. The highest BCUT2D eigenvalue weighted by molar-refractivity contribution is 6.30. The van der Waals surface area contributed by atoms with Gasteiger partial charge in [0, 0.05) is 13.1 Å². The number of anilines is 1. The summed E-state index contributed by atoms with van der Waals surface area (Å²) < 4.78 is 5.14. The summed E-state index contributed by atoms with van der Waals surface area (Å²) in [5.74, 6) is 0. The number of ether oxygens (including phenoxy) is 1. The first-order valence-corrected chi connectivity index (χ1v) is 6.98. The minimum Gasteiger partial charge on any atom is -0.444 e. The fraction of sp³-hybridized carbons (Fsp3) is 0.571. The molecule has 0 aromatic carbocycles. The maximum atomic E-state index is 11.4. The molecule has 0 atom stereocenters. The van der Waals surface area contributed by atoms with Crippen molar-refractivity contribution in [3.8, 4) is 0 Å². The molecular formula is C14H22ClN3O2. The van der Waals surface area contributed by atoms with Gasteiger partial charge in [-0.15, -0.1) is 0 Å². The van der Waals surface area contributed by atoms with Crippen molar-refractivity contribution >= 4 is 23.4 Å². The normalized spacial score (nSPS) is 11.1. The standard InChI is InChI=1S/C14H22ClN3O2/c1-10-8-11(9-18-12(10)15)16-6-5-7-17-13(19)20-14(2,3)4/h8-9,16H,5-7H2,1-4H3,(H,17,19). The average molecular weight is 300 g/mol. The monoisotopic (exact) mass is 299 g/mol. The number of hydrogen-bond donors (Lipinski definition) is 2. The molecule has 1 heterocycles. The Morgan fingerprint density at radius 1 is 1.40 bits per heavy atom. The zero-order valence-corrected chi connectivity index (χ0v) is 13.2. The van der Waals surface area contributed by atoms with Crippen LogP contribution in [0.15, 0.2) is 12.3 Å². The molecule has 0 saturated heterocycles. The van der Waals surface area contributed by atoms with Crippen LogP contribution < -0.4 is 10.6 Å². The number of aryl methyl sites for hydroxylation is 1. The minimum atomic E-state index is -0.463. The van der Waals surface area contributed by atoms with Crippen LogP contribution in [0, 0.1) is 6.92 Å². The van der Waals surface area contributed by atoms with Crippen molar-refractivity contribution in [1.82, 2.24) is 10.3 Å². The fourth-order valence-corrected chi connectivity index (χ4v) is 1.58. The van der Waals surface area contributed by atoms with Gasteiger partial charge < -0.3 is 15.4 Å². The Balaban J connectivity index is 2.19. The number of amides is 1. The molecule has 112 valence electrons. The largest absolute Gasteiger partial charge is 0.444 e. The van der Waals surface area contributed by atoms with E-state index in [2.05, 4.69) is 15.6 Å². The molecule has 0 bridgehead atoms. The zero-order valence-electron chi connectivity index (χ0n) is 12.4. The number of nitrogens with zero attached hydrogens (tertiary/aromatic N) is 1. The number of hydrogen-bond acceptors (Lipinski definition) is 4. The number of nitrogens with one attached hydrogen (secondary N) is 2. The van der Waals surface area contributed by atoms with Crippen LogP contribution in [-0.4, -0.2) is 29.8 Å². The van der Waals surface area contributed by atoms with Crippen LogP contribution in [0.5, 0.6) is 0 Å². The van der Waals surface area contributed by atoms with E-state index in [1.54, 1.807) is 6.20 Å². The highest BCUT2D eigenvalue weighted by Gasteiger charge is 2.15. The van der Waals surface area contributed by atoms with Crippen molar-refractivity contribution in [3.05, 3.63) is 23.0 Å². The Morgan fingerprint density at radius 3 is 2.70 bits per heavy atom. The Hall–Kier alpha value is -1.49. The quantitative estimate of drug-likeness (QED) is 0.646. The third kappa shape index (κ3) is 6.61. The van der Waals surface area contributed by atoms with Crippen LogP contribution >= 0.6 is 11.6 Å². The SMILES string of the molecule is Cc1cc(NCCCNC(=O)OC(C)(C)C)cnc1Cl. The van der Waals surface area contributed by atoms with E-state index >= 15 is 0 Å². The summed E-state index contributed by atoms with van der Waals surface area (Å²) in [5, 5.41) is 6.45. The van der Waals surface area contributed by atoms with Crippen molar-refractivity contribution in [1.29, 1.82) is 0 Å². The maximum absolute atomic E-state index is 11.4. The molecule has 0 radical (unpaired) electrons. The number of alkyl carbamates (subject to hydrolysis) is 1. The zero-order chi connectivity index (χ0) is 15.2. The molecule has 20 heavy (non-hydrogen) atoms. The third-order valence-electron chi connectivity index (χ3n) is 2.37. The van der Waals surface area contributed by atoms with Gasteiger partial charge in [0.15, 0.2) is 0 Å². The van der Waals surface area contributed by atoms with Gasteiger partial charge in [-0.1, -0.05) is 11.6 Å². The smallest absolute Gasteiger partial charge is 0.407 e. The molecule has 5 nitrogen and oxygen atoms in total. The summed E-state index contributed by atoms with van der Waals surface area (Å²) in [4.78, 5) is 15.5. The van der Waals surface area contributed by atoms with Gasteiger partial charge in [0.05, 0.1) is 11.9 Å². The Kier molecular flexibility index (Phi) is 6.07. The summed E-state index contributed by atoms with van der Waals surface area (Å²) in [6.45, 7) is 8.71. The summed E-state index contributed by atoms with van der Waals surface area (Å²) >= 11 is 5.85. The number of carbonyl (C=O) groups excluding carboxylic acids is 1. The van der Waals surface area contributed by atoms with E-state index in [-0.39, 0.29) is 6.09 Å². The molecule has 1 aromatic rings. The molecule has 1 aromatic heterocycles. The molecule has 1 amide bonds. The van der Waals surface area contributed by atoms with Gasteiger partial charge in [-0.3, -0.25) is 0 Å². The van der Waals surface area contributed by atoms with Gasteiger partial charge >= 0.3 is 6.09 Å². The third-order valence-corrected chi connectivity index (χ3v) is 2.76. The van der Waals surface area contributed by atoms with Crippen LogP contribution in [0.3, 0.4) is 0 Å². The molecule has 0 saturated carbocycles. The van der Waals surface area contributed by atoms with Crippen LogP contribution in [-0.2, 0) is 4.74 Å². The van der Waals surface area contributed by atoms with Crippen LogP contribution in [0.1, 0.15) is 32.8 Å². The first kappa shape index (κ1) is 16.6. The molecule has 2 N–H and O–H groups in total. The first-order chi connectivity index (χ1) is 9.28. The van der Waals surface area contributed by atoms with E-state index in [4.69, 9.17) is 16.3 Å². The van der Waals surface area contributed by atoms with Crippen molar-refractivity contribution in [2.75, 3.05) is 18.4 Å². The summed E-state index contributed by atoms with van der Waals surface area (Å²) in [7, 11) is 0. The van der Waals surface area contributed by atoms with E-state index < -0.39 is 5.60 Å². The van der Waals surface area contributed by atoms with Gasteiger partial charge in [0.2, 0.25) is 0 Å². The topological polar surface area (TPSA) is 63.2 Å². The lowest BCUT2D eigenvalue weighted by atomic mass is 10.2. The number of halogens is 1. The van der Waals surface area contributed by atoms with Crippen molar-refractivity contribution in [3.63, 3.8) is 0 Å². The Labute approximate surface area is 125 Å². The van der Waals surface area contributed by atoms with Gasteiger partial charge in [-0.2, -0.15) is 0 Å². The molecular weight excluding hydrogens is 278 g/mol. The Morgan fingerprint density at radius 2 is 2.10 bits per heavy atom. The molecule has 0 aliphatic rings. The number of aromatic nitrogens is 1. The Bertz CT molecular complexity index is 458. The predicted molar refractivity (Wildman–Crippen MR) is 81.3 cm³/mol. The van der Waals surface area contributed by atoms with E-state index in [9.17, 15) is 4.79 Å². The molecule has 0 spiro atoms. The highest BCUT2D eigenvalue weighted by atomic mass is 35.5. The molecule has 0 aliphatic carbocycles. The fourth-order valence-electron chi connectivity index (χ4n) is 1.48. The molecule has 6 heteroatoms. The van der Waals surface area contributed by atoms with Crippen molar-refractivity contribution in [2.24, 2.45) is 0 Å². The number of pyridine rings is 1. The lowest BCUT2D eigenvalue weighted by Crippen LogP contribution is -2.33. The highest BCUT2D eigenvalue weighted by Crippen LogP contribution is 2.15. The van der Waals surface area contributed by atoms with Gasteiger partial charge in [-0.25, -0.2) is 9.78 Å². The lowest BCUT2D eigenvalue weighted by molar-refractivity contribution is 0.0528. The summed E-state index contributed by atoms with van der Waals surface area (Å²) in [5.41, 5.74) is 1.39. The van der Waals surface area contributed by atoms with Gasteiger partial charge in [0.1, 0.15) is 10.8 Å². The summed E-state index contributed by atoms with van der Waals surface area (Å²) in [6.07, 6.45) is 2.10.